The summed E-state index contributed by atoms with van der Waals surface area (Å²) in [5.41, 5.74) is 4.64. The summed E-state index contributed by atoms with van der Waals surface area (Å²) in [6.07, 6.45) is 1.56. The molecule has 2 aromatic carbocycles. The molecule has 0 spiro atoms. The number of para-hydroxylation sites is 1. The molecule has 0 aliphatic carbocycles. The molecule has 0 atom stereocenters. The van der Waals surface area contributed by atoms with E-state index in [2.05, 4.69) is 5.32 Å². The summed E-state index contributed by atoms with van der Waals surface area (Å²) < 4.78 is 0. The van der Waals surface area contributed by atoms with Crippen molar-refractivity contribution in [1.29, 1.82) is 10.5 Å². The van der Waals surface area contributed by atoms with Crippen molar-refractivity contribution in [3.63, 3.8) is 0 Å². The smallest absolute Gasteiger partial charge is 0.130 e. The van der Waals surface area contributed by atoms with Gasteiger partial charge in [0.15, 0.2) is 0 Å². The normalized spacial score (nSPS) is 9.50. The number of anilines is 2. The van der Waals surface area contributed by atoms with Crippen LogP contribution < -0.4 is 5.32 Å². The van der Waals surface area contributed by atoms with Crippen molar-refractivity contribution in [2.24, 2.45) is 0 Å². The zero-order valence-corrected chi connectivity index (χ0v) is 13.1. The fourth-order valence-corrected chi connectivity index (χ4v) is 2.30. The van der Waals surface area contributed by atoms with E-state index in [-0.39, 0.29) is 5.57 Å². The highest BCUT2D eigenvalue weighted by Crippen LogP contribution is 2.32. The lowest BCUT2D eigenvalue weighted by Crippen LogP contribution is -1.98. The average Bonchev–Trinajstić information content (AvgIpc) is 2.54. The van der Waals surface area contributed by atoms with Gasteiger partial charge in [-0.2, -0.15) is 10.5 Å². The lowest BCUT2D eigenvalue weighted by Gasteiger charge is -2.15. The van der Waals surface area contributed by atoms with Crippen LogP contribution in [-0.4, -0.2) is 0 Å². The number of aryl methyl sites for hydroxylation is 1. The molecule has 0 aliphatic rings. The highest BCUT2D eigenvalue weighted by Gasteiger charge is 2.09. The summed E-state index contributed by atoms with van der Waals surface area (Å²) in [7, 11) is 0. The third kappa shape index (κ3) is 3.28. The fraction of sp³-hybridized carbons (Fsp3) is 0.111. The van der Waals surface area contributed by atoms with Crippen molar-refractivity contribution in [3.8, 4) is 12.1 Å². The van der Waals surface area contributed by atoms with Crippen molar-refractivity contribution in [1.82, 2.24) is 0 Å². The molecule has 2 rings (SSSR count). The summed E-state index contributed by atoms with van der Waals surface area (Å²) in [6.45, 7) is 4.02. The van der Waals surface area contributed by atoms with Gasteiger partial charge >= 0.3 is 0 Å². The Hall–Kier alpha value is -2.75. The van der Waals surface area contributed by atoms with Crippen LogP contribution in [0.2, 0.25) is 5.02 Å². The molecule has 0 unspecified atom stereocenters. The Morgan fingerprint density at radius 3 is 2.45 bits per heavy atom. The highest BCUT2D eigenvalue weighted by atomic mass is 35.5. The van der Waals surface area contributed by atoms with Crippen LogP contribution in [0.1, 0.15) is 16.7 Å². The SMILES string of the molecule is Cc1ccc(Cl)c(Nc2ccccc2C=C(C#N)C#N)c1C. The van der Waals surface area contributed by atoms with E-state index >= 15 is 0 Å². The van der Waals surface area contributed by atoms with Crippen molar-refractivity contribution < 1.29 is 0 Å². The summed E-state index contributed by atoms with van der Waals surface area (Å²) in [5, 5.41) is 21.8. The van der Waals surface area contributed by atoms with E-state index in [1.807, 2.05) is 62.4 Å². The van der Waals surface area contributed by atoms with Gasteiger partial charge in [-0.25, -0.2) is 0 Å². The minimum Gasteiger partial charge on any atom is -0.354 e. The molecule has 0 saturated heterocycles. The first-order valence-corrected chi connectivity index (χ1v) is 7.08. The van der Waals surface area contributed by atoms with Gasteiger partial charge in [-0.15, -0.1) is 0 Å². The number of hydrogen-bond acceptors (Lipinski definition) is 3. The molecule has 3 nitrogen and oxygen atoms in total. The van der Waals surface area contributed by atoms with Crippen LogP contribution in [0.3, 0.4) is 0 Å². The van der Waals surface area contributed by atoms with Gasteiger partial charge < -0.3 is 5.32 Å². The maximum Gasteiger partial charge on any atom is 0.130 e. The third-order valence-corrected chi connectivity index (χ3v) is 3.76. The Bertz CT molecular complexity index is 807. The summed E-state index contributed by atoms with van der Waals surface area (Å²) in [6, 6.07) is 15.0. The minimum atomic E-state index is 0.0568. The van der Waals surface area contributed by atoms with Crippen LogP contribution in [0.5, 0.6) is 0 Å². The molecular formula is C18H14ClN3. The van der Waals surface area contributed by atoms with E-state index in [9.17, 15) is 0 Å². The van der Waals surface area contributed by atoms with Gasteiger partial charge in [0, 0.05) is 5.69 Å². The number of halogens is 1. The van der Waals surface area contributed by atoms with Gasteiger partial charge in [-0.1, -0.05) is 35.9 Å². The maximum atomic E-state index is 8.91. The lowest BCUT2D eigenvalue weighted by atomic mass is 10.1. The topological polar surface area (TPSA) is 59.6 Å². The molecule has 0 aromatic heterocycles. The van der Waals surface area contributed by atoms with Crippen molar-refractivity contribution in [2.45, 2.75) is 13.8 Å². The van der Waals surface area contributed by atoms with Crippen LogP contribution in [0.4, 0.5) is 11.4 Å². The average molecular weight is 308 g/mol. The molecule has 22 heavy (non-hydrogen) atoms. The van der Waals surface area contributed by atoms with E-state index in [1.165, 1.54) is 0 Å². The second kappa shape index (κ2) is 6.80. The Morgan fingerprint density at radius 2 is 1.77 bits per heavy atom. The third-order valence-electron chi connectivity index (χ3n) is 3.45. The van der Waals surface area contributed by atoms with E-state index in [1.54, 1.807) is 6.08 Å². The van der Waals surface area contributed by atoms with Gasteiger partial charge in [0.2, 0.25) is 0 Å². The largest absolute Gasteiger partial charge is 0.354 e. The Kier molecular flexibility index (Phi) is 4.84. The molecule has 0 saturated carbocycles. The van der Waals surface area contributed by atoms with Gasteiger partial charge in [-0.3, -0.25) is 0 Å². The number of nitrogens with zero attached hydrogens (tertiary/aromatic N) is 2. The predicted molar refractivity (Wildman–Crippen MR) is 89.9 cm³/mol. The molecule has 0 heterocycles. The van der Waals surface area contributed by atoms with Gasteiger partial charge in [0.05, 0.1) is 10.7 Å². The molecule has 4 heteroatoms. The van der Waals surface area contributed by atoms with E-state index in [0.29, 0.717) is 5.02 Å². The number of benzene rings is 2. The van der Waals surface area contributed by atoms with Crippen LogP contribution in [0.25, 0.3) is 6.08 Å². The van der Waals surface area contributed by atoms with E-state index in [4.69, 9.17) is 22.1 Å². The van der Waals surface area contributed by atoms with Crippen molar-refractivity contribution >= 4 is 29.1 Å². The monoisotopic (exact) mass is 307 g/mol. The standard InChI is InChI=1S/C18H14ClN3/c1-12-7-8-16(19)18(13(12)2)22-17-6-4-3-5-15(17)9-14(10-20)11-21/h3-9,22H,1-2H3. The first-order chi connectivity index (χ1) is 10.6. The maximum absolute atomic E-state index is 8.91. The highest BCUT2D eigenvalue weighted by molar-refractivity contribution is 6.33. The van der Waals surface area contributed by atoms with Crippen LogP contribution >= 0.6 is 11.6 Å². The summed E-state index contributed by atoms with van der Waals surface area (Å²) in [4.78, 5) is 0. The lowest BCUT2D eigenvalue weighted by molar-refractivity contribution is 1.33. The van der Waals surface area contributed by atoms with Crippen LogP contribution in [0, 0.1) is 36.5 Å². The first kappa shape index (κ1) is 15.6. The molecule has 0 amide bonds. The zero-order valence-electron chi connectivity index (χ0n) is 12.3. The Balaban J connectivity index is 2.49. The van der Waals surface area contributed by atoms with Crippen LogP contribution in [0.15, 0.2) is 42.0 Å². The molecule has 0 bridgehead atoms. The van der Waals surface area contributed by atoms with Crippen molar-refractivity contribution in [2.75, 3.05) is 5.32 Å². The van der Waals surface area contributed by atoms with Gasteiger partial charge in [0.1, 0.15) is 17.7 Å². The molecule has 108 valence electrons. The zero-order chi connectivity index (χ0) is 16.1. The molecule has 0 aliphatic heterocycles. The fourth-order valence-electron chi connectivity index (χ4n) is 2.05. The quantitative estimate of drug-likeness (QED) is 0.799. The number of allylic oxidation sites excluding steroid dienone is 1. The molecule has 2 aromatic rings. The van der Waals surface area contributed by atoms with Gasteiger partial charge in [0.25, 0.3) is 0 Å². The molecular weight excluding hydrogens is 294 g/mol. The van der Waals surface area contributed by atoms with Crippen molar-refractivity contribution in [3.05, 3.63) is 63.7 Å². The first-order valence-electron chi connectivity index (χ1n) is 6.70. The van der Waals surface area contributed by atoms with Crippen LogP contribution in [-0.2, 0) is 0 Å². The molecule has 1 N–H and O–H groups in total. The number of nitrogens with one attached hydrogen (secondary N) is 1. The Labute approximate surface area is 135 Å². The second-order valence-electron chi connectivity index (χ2n) is 4.86. The molecule has 0 radical (unpaired) electrons. The minimum absolute atomic E-state index is 0.0568. The second-order valence-corrected chi connectivity index (χ2v) is 5.27. The van der Waals surface area contributed by atoms with E-state index in [0.717, 1.165) is 28.1 Å². The number of nitriles is 2. The number of hydrogen-bond donors (Lipinski definition) is 1. The van der Waals surface area contributed by atoms with Gasteiger partial charge in [-0.05, 0) is 48.7 Å². The molecule has 0 fully saturated rings. The predicted octanol–water partition coefficient (Wildman–Crippen LogP) is 5.13. The number of rotatable bonds is 3. The van der Waals surface area contributed by atoms with E-state index < -0.39 is 0 Å². The summed E-state index contributed by atoms with van der Waals surface area (Å²) >= 11 is 6.28. The summed E-state index contributed by atoms with van der Waals surface area (Å²) in [5.74, 6) is 0. The Morgan fingerprint density at radius 1 is 1.09 bits per heavy atom.